The van der Waals surface area contributed by atoms with Crippen molar-refractivity contribution in [2.75, 3.05) is 0 Å². The minimum Gasteiger partial charge on any atom is -0.338 e. The summed E-state index contributed by atoms with van der Waals surface area (Å²) in [5.74, 6) is 0.935. The van der Waals surface area contributed by atoms with Crippen molar-refractivity contribution in [2.45, 2.75) is 31.2 Å². The molecule has 3 rings (SSSR count). The number of hydrogen-bond acceptors (Lipinski definition) is 8. The molecule has 0 saturated heterocycles. The molecule has 3 aromatic rings. The summed E-state index contributed by atoms with van der Waals surface area (Å²) in [5, 5.41) is 12.4. The zero-order valence-electron chi connectivity index (χ0n) is 12.4. The molecule has 1 atom stereocenters. The molecule has 0 saturated carbocycles. The number of thioether (sulfide) groups is 1. The van der Waals surface area contributed by atoms with Crippen LogP contribution in [-0.4, -0.2) is 30.3 Å². The van der Waals surface area contributed by atoms with E-state index >= 15 is 0 Å². The lowest BCUT2D eigenvalue weighted by molar-refractivity contribution is 0.380. The third-order valence-electron chi connectivity index (χ3n) is 2.83. The molecular formula is C14H14N6OS. The quantitative estimate of drug-likeness (QED) is 0.536. The molecule has 0 aromatic carbocycles. The van der Waals surface area contributed by atoms with Crippen LogP contribution in [0.4, 0.5) is 0 Å². The fraction of sp³-hybridized carbons (Fsp3) is 0.286. The van der Waals surface area contributed by atoms with Gasteiger partial charge in [0.15, 0.2) is 5.16 Å². The standard InChI is InChI=1S/C14H14N6OS/c1-8-7-9(2)17-14(16-8)22-10(3)13-18-12(20-21-13)11-5-4-6-15-19-11/h4-7,10H,1-3H3/t10-/m0/s1. The lowest BCUT2D eigenvalue weighted by atomic mass is 10.4. The first-order valence-corrected chi connectivity index (χ1v) is 7.60. The van der Waals surface area contributed by atoms with Gasteiger partial charge in [0.1, 0.15) is 5.69 Å². The Labute approximate surface area is 131 Å². The summed E-state index contributed by atoms with van der Waals surface area (Å²) in [5.41, 5.74) is 2.46. The van der Waals surface area contributed by atoms with Crippen LogP contribution in [-0.2, 0) is 0 Å². The van der Waals surface area contributed by atoms with E-state index in [2.05, 4.69) is 30.3 Å². The molecule has 0 bridgehead atoms. The van der Waals surface area contributed by atoms with Crippen LogP contribution in [0.15, 0.2) is 34.1 Å². The fourth-order valence-corrected chi connectivity index (χ4v) is 2.79. The number of hydrogen-bond donors (Lipinski definition) is 0. The van der Waals surface area contributed by atoms with Crippen LogP contribution >= 0.6 is 11.8 Å². The van der Waals surface area contributed by atoms with Gasteiger partial charge in [-0.05, 0) is 39.0 Å². The maximum atomic E-state index is 5.31. The maximum absolute atomic E-state index is 5.31. The van der Waals surface area contributed by atoms with Gasteiger partial charge in [0.05, 0.1) is 5.25 Å². The molecule has 0 radical (unpaired) electrons. The summed E-state index contributed by atoms with van der Waals surface area (Å²) in [7, 11) is 0. The zero-order chi connectivity index (χ0) is 15.5. The lowest BCUT2D eigenvalue weighted by Gasteiger charge is -2.06. The Morgan fingerprint density at radius 1 is 1.14 bits per heavy atom. The Bertz CT molecular complexity index is 756. The molecule has 22 heavy (non-hydrogen) atoms. The Morgan fingerprint density at radius 2 is 1.91 bits per heavy atom. The second-order valence-electron chi connectivity index (χ2n) is 4.76. The number of aryl methyl sites for hydroxylation is 2. The van der Waals surface area contributed by atoms with Crippen molar-refractivity contribution in [2.24, 2.45) is 0 Å². The highest BCUT2D eigenvalue weighted by Crippen LogP contribution is 2.32. The topological polar surface area (TPSA) is 90.5 Å². The lowest BCUT2D eigenvalue weighted by Crippen LogP contribution is -1.96. The van der Waals surface area contributed by atoms with Gasteiger partial charge in [-0.2, -0.15) is 10.1 Å². The fourth-order valence-electron chi connectivity index (χ4n) is 1.88. The normalized spacial score (nSPS) is 12.3. The van der Waals surface area contributed by atoms with Crippen LogP contribution in [0, 0.1) is 13.8 Å². The van der Waals surface area contributed by atoms with E-state index < -0.39 is 0 Å². The first-order valence-electron chi connectivity index (χ1n) is 6.72. The van der Waals surface area contributed by atoms with Crippen molar-refractivity contribution >= 4 is 11.8 Å². The molecule has 0 unspecified atom stereocenters. The maximum Gasteiger partial charge on any atom is 0.240 e. The van der Waals surface area contributed by atoms with Crippen LogP contribution in [0.1, 0.15) is 29.5 Å². The first kappa shape index (κ1) is 14.6. The average molecular weight is 314 g/mol. The van der Waals surface area contributed by atoms with Crippen molar-refractivity contribution in [3.63, 3.8) is 0 Å². The van der Waals surface area contributed by atoms with Crippen molar-refractivity contribution < 1.29 is 4.52 Å². The number of rotatable bonds is 4. The molecule has 7 nitrogen and oxygen atoms in total. The highest BCUT2D eigenvalue weighted by Gasteiger charge is 2.18. The third-order valence-corrected chi connectivity index (χ3v) is 3.78. The highest BCUT2D eigenvalue weighted by molar-refractivity contribution is 7.99. The average Bonchev–Trinajstić information content (AvgIpc) is 2.97. The molecule has 0 N–H and O–H groups in total. The van der Waals surface area contributed by atoms with Crippen molar-refractivity contribution in [1.29, 1.82) is 0 Å². The molecule has 0 aliphatic carbocycles. The molecule has 112 valence electrons. The molecule has 0 amide bonds. The van der Waals surface area contributed by atoms with E-state index in [0.717, 1.165) is 11.4 Å². The summed E-state index contributed by atoms with van der Waals surface area (Å²) in [4.78, 5) is 13.2. The molecule has 0 spiro atoms. The Kier molecular flexibility index (Phi) is 4.10. The summed E-state index contributed by atoms with van der Waals surface area (Å²) in [6.07, 6.45) is 1.60. The van der Waals surface area contributed by atoms with E-state index in [-0.39, 0.29) is 5.25 Å². The molecular weight excluding hydrogens is 300 g/mol. The molecule has 8 heteroatoms. The predicted octanol–water partition coefficient (Wildman–Crippen LogP) is 2.79. The van der Waals surface area contributed by atoms with Crippen LogP contribution in [0.2, 0.25) is 0 Å². The monoisotopic (exact) mass is 314 g/mol. The van der Waals surface area contributed by atoms with Crippen LogP contribution in [0.3, 0.4) is 0 Å². The largest absolute Gasteiger partial charge is 0.338 e. The van der Waals surface area contributed by atoms with E-state index in [4.69, 9.17) is 4.52 Å². The minimum atomic E-state index is -0.0564. The van der Waals surface area contributed by atoms with Crippen LogP contribution < -0.4 is 0 Å². The predicted molar refractivity (Wildman–Crippen MR) is 81.1 cm³/mol. The summed E-state index contributed by atoms with van der Waals surface area (Å²) in [6.45, 7) is 5.87. The minimum absolute atomic E-state index is 0.0564. The third kappa shape index (κ3) is 3.28. The van der Waals surface area contributed by atoms with Crippen molar-refractivity contribution in [3.8, 4) is 11.5 Å². The van der Waals surface area contributed by atoms with Gasteiger partial charge < -0.3 is 4.52 Å². The number of nitrogens with zero attached hydrogens (tertiary/aromatic N) is 6. The molecule has 0 fully saturated rings. The highest BCUT2D eigenvalue weighted by atomic mass is 32.2. The van der Waals surface area contributed by atoms with Gasteiger partial charge in [0.25, 0.3) is 0 Å². The first-order chi connectivity index (χ1) is 10.6. The smallest absolute Gasteiger partial charge is 0.240 e. The van der Waals surface area contributed by atoms with Gasteiger partial charge in [-0.3, -0.25) is 0 Å². The van der Waals surface area contributed by atoms with E-state index in [1.165, 1.54) is 11.8 Å². The van der Waals surface area contributed by atoms with Crippen molar-refractivity contribution in [3.05, 3.63) is 41.7 Å². The SMILES string of the molecule is Cc1cc(C)nc(S[C@@H](C)c2nc(-c3cccnn3)no2)n1. The Balaban J connectivity index is 1.78. The summed E-state index contributed by atoms with van der Waals surface area (Å²) in [6, 6.07) is 5.50. The van der Waals surface area contributed by atoms with Crippen molar-refractivity contribution in [1.82, 2.24) is 30.3 Å². The van der Waals surface area contributed by atoms with E-state index in [9.17, 15) is 0 Å². The molecule has 0 aliphatic rings. The van der Waals surface area contributed by atoms with E-state index in [0.29, 0.717) is 22.6 Å². The van der Waals surface area contributed by atoms with Gasteiger partial charge in [-0.15, -0.1) is 5.10 Å². The second-order valence-corrected chi connectivity index (χ2v) is 6.07. The van der Waals surface area contributed by atoms with Gasteiger partial charge in [-0.25, -0.2) is 9.97 Å². The van der Waals surface area contributed by atoms with Gasteiger partial charge in [0, 0.05) is 17.6 Å². The Morgan fingerprint density at radius 3 is 2.59 bits per heavy atom. The van der Waals surface area contributed by atoms with Gasteiger partial charge >= 0.3 is 0 Å². The van der Waals surface area contributed by atoms with Crippen LogP contribution in [0.5, 0.6) is 0 Å². The number of aromatic nitrogens is 6. The Hall–Kier alpha value is -2.35. The summed E-state index contributed by atoms with van der Waals surface area (Å²) < 4.78 is 5.31. The molecule has 3 heterocycles. The van der Waals surface area contributed by atoms with E-state index in [1.807, 2.05) is 26.8 Å². The molecule has 3 aromatic heterocycles. The second kappa shape index (κ2) is 6.18. The molecule has 0 aliphatic heterocycles. The van der Waals surface area contributed by atoms with E-state index in [1.54, 1.807) is 18.3 Å². The zero-order valence-corrected chi connectivity index (χ0v) is 13.2. The van der Waals surface area contributed by atoms with Gasteiger partial charge in [-0.1, -0.05) is 16.9 Å². The van der Waals surface area contributed by atoms with Crippen LogP contribution in [0.25, 0.3) is 11.5 Å². The van der Waals surface area contributed by atoms with Gasteiger partial charge in [0.2, 0.25) is 11.7 Å². The summed E-state index contributed by atoms with van der Waals surface area (Å²) >= 11 is 1.48.